The summed E-state index contributed by atoms with van der Waals surface area (Å²) < 4.78 is 1.07. The molecule has 1 rings (SSSR count). The number of hydrogen-bond acceptors (Lipinski definition) is 2. The van der Waals surface area contributed by atoms with Crippen molar-refractivity contribution in [2.45, 2.75) is 0 Å². The van der Waals surface area contributed by atoms with Crippen molar-refractivity contribution in [3.63, 3.8) is 0 Å². The first-order valence-corrected chi connectivity index (χ1v) is 2.97. The van der Waals surface area contributed by atoms with E-state index < -0.39 is 0 Å². The Morgan fingerprint density at radius 3 is 1.45 bits per heavy atom. The molecule has 1 aromatic rings. The summed E-state index contributed by atoms with van der Waals surface area (Å²) in [6.45, 7) is 0. The van der Waals surface area contributed by atoms with Crippen LogP contribution < -0.4 is 41.0 Å². The molecule has 0 radical (unpaired) electrons. The van der Waals surface area contributed by atoms with Crippen molar-refractivity contribution in [2.75, 3.05) is 0 Å². The van der Waals surface area contributed by atoms with Crippen molar-refractivity contribution in [1.82, 2.24) is 0 Å². The number of hydrogen-bond donors (Lipinski definition) is 2. The normalized spacial score (nSPS) is 6.00. The fourth-order valence-corrected chi connectivity index (χ4v) is 0.622. The molecule has 0 aliphatic carbocycles. The van der Waals surface area contributed by atoms with Crippen molar-refractivity contribution in [3.8, 4) is 0 Å². The Balaban J connectivity index is -0.000000149. The van der Waals surface area contributed by atoms with Crippen LogP contribution in [0, 0.1) is 0 Å². The summed E-state index contributed by atoms with van der Waals surface area (Å²) in [5.41, 5.74) is 0. The van der Waals surface area contributed by atoms with E-state index in [9.17, 15) is 0 Å². The molecule has 0 saturated heterocycles. The summed E-state index contributed by atoms with van der Waals surface area (Å²) in [5.74, 6) is 8.00. The molecule has 0 atom stereocenters. The van der Waals surface area contributed by atoms with Gasteiger partial charge in [-0.05, 0) is 0 Å². The van der Waals surface area contributed by atoms with Crippen LogP contribution in [0.3, 0.4) is 0 Å². The van der Waals surface area contributed by atoms with Gasteiger partial charge in [-0.1, -0.05) is 0 Å². The Labute approximate surface area is 87.3 Å². The number of rotatable bonds is 0. The van der Waals surface area contributed by atoms with Crippen molar-refractivity contribution in [3.05, 3.63) is 30.3 Å². The monoisotopic (exact) mass is 235 g/mol. The second-order valence-electron chi connectivity index (χ2n) is 1.28. The van der Waals surface area contributed by atoms with Crippen molar-refractivity contribution in [1.29, 1.82) is 0 Å². The van der Waals surface area contributed by atoms with Crippen LogP contribution in [-0.2, 0) is 16.0 Å². The van der Waals surface area contributed by atoms with Gasteiger partial charge in [0.25, 0.3) is 0 Å². The molecule has 0 bridgehead atoms. The van der Waals surface area contributed by atoms with Gasteiger partial charge in [0.2, 0.25) is 0 Å². The number of hydrazine groups is 1. The fourth-order valence-electron chi connectivity index (χ4n) is 0.410. The van der Waals surface area contributed by atoms with E-state index in [1.807, 2.05) is 30.3 Å². The summed E-state index contributed by atoms with van der Waals surface area (Å²) in [6, 6.07) is 9.87. The molecular formula is C6H9Cl2FeN2. The van der Waals surface area contributed by atoms with E-state index in [1.54, 1.807) is 0 Å². The van der Waals surface area contributed by atoms with Gasteiger partial charge in [-0.25, -0.2) is 0 Å². The maximum atomic E-state index is 4.00. The second kappa shape index (κ2) is 12.9. The minimum absolute atomic E-state index is 0. The molecule has 2 nitrogen and oxygen atoms in total. The number of halogens is 2. The molecule has 0 amide bonds. The Morgan fingerprint density at radius 2 is 1.27 bits per heavy atom. The molecule has 0 aliphatic heterocycles. The predicted molar refractivity (Wildman–Crippen MR) is 34.5 cm³/mol. The van der Waals surface area contributed by atoms with E-state index in [1.165, 1.54) is 0 Å². The first kappa shape index (κ1) is 17.4. The van der Waals surface area contributed by atoms with Crippen LogP contribution in [0.2, 0.25) is 0 Å². The topological polar surface area (TPSA) is 52.0 Å². The van der Waals surface area contributed by atoms with Crippen LogP contribution in [0.5, 0.6) is 0 Å². The molecule has 0 heterocycles. The first-order chi connectivity index (χ1) is 4.39. The second-order valence-corrected chi connectivity index (χ2v) is 1.92. The van der Waals surface area contributed by atoms with Crippen molar-refractivity contribution < 1.29 is 40.8 Å². The molecular weight excluding hydrogens is 227 g/mol. The molecule has 0 unspecified atom stereocenters. The van der Waals surface area contributed by atoms with E-state index in [2.05, 4.69) is 27.7 Å². The molecule has 5 heteroatoms. The van der Waals surface area contributed by atoms with Gasteiger partial charge >= 0.3 is 50.8 Å². The van der Waals surface area contributed by atoms with Crippen LogP contribution >= 0.6 is 0 Å². The van der Waals surface area contributed by atoms with Crippen LogP contribution in [-0.4, -0.2) is 0 Å². The van der Waals surface area contributed by atoms with Crippen LogP contribution in [0.4, 0.5) is 0 Å². The van der Waals surface area contributed by atoms with Crippen LogP contribution in [0.25, 0.3) is 0 Å². The number of nitrogens with two attached hydrogens (primary N) is 2. The predicted octanol–water partition coefficient (Wildman–Crippen LogP) is -6.31. The van der Waals surface area contributed by atoms with Crippen molar-refractivity contribution in [2.24, 2.45) is 11.7 Å². The Hall–Kier alpha value is 0.239. The summed E-state index contributed by atoms with van der Waals surface area (Å²) in [4.78, 5) is 0. The fraction of sp³-hybridized carbons (Fsp3) is 0. The molecule has 4 N–H and O–H groups in total. The van der Waals surface area contributed by atoms with Gasteiger partial charge < -0.3 is 24.8 Å². The summed E-state index contributed by atoms with van der Waals surface area (Å²) in [7, 11) is 0. The average molecular weight is 236 g/mol. The van der Waals surface area contributed by atoms with Gasteiger partial charge in [0.15, 0.2) is 0 Å². The quantitative estimate of drug-likeness (QED) is 0.267. The molecule has 0 aliphatic rings. The molecule has 0 spiro atoms. The summed E-state index contributed by atoms with van der Waals surface area (Å²) >= 11 is 3.72. The Morgan fingerprint density at radius 1 is 0.909 bits per heavy atom. The van der Waals surface area contributed by atoms with Gasteiger partial charge in [0.05, 0.1) is 0 Å². The van der Waals surface area contributed by atoms with E-state index in [0.29, 0.717) is 0 Å². The average Bonchev–Trinajstić information content (AvgIpc) is 1.94. The summed E-state index contributed by atoms with van der Waals surface area (Å²) in [5, 5.41) is 0. The summed E-state index contributed by atoms with van der Waals surface area (Å²) in [6.07, 6.45) is 0. The molecule has 0 aromatic heterocycles. The van der Waals surface area contributed by atoms with Gasteiger partial charge in [-0.2, -0.15) is 0 Å². The molecule has 0 fully saturated rings. The van der Waals surface area contributed by atoms with E-state index in [0.717, 1.165) is 4.46 Å². The van der Waals surface area contributed by atoms with Crippen LogP contribution in [0.1, 0.15) is 0 Å². The van der Waals surface area contributed by atoms with E-state index in [4.69, 9.17) is 0 Å². The molecule has 0 saturated carbocycles. The zero-order valence-electron chi connectivity index (χ0n) is 5.65. The van der Waals surface area contributed by atoms with E-state index in [-0.39, 0.29) is 24.8 Å². The Kier molecular flexibility index (Phi) is 20.3. The zero-order chi connectivity index (χ0) is 7.11. The molecule has 11 heavy (non-hydrogen) atoms. The molecule has 65 valence electrons. The SMILES string of the molecule is NN.[Cl-].[Cl-].[Fe+2][c]1ccccc1. The van der Waals surface area contributed by atoms with Gasteiger partial charge in [0, 0.05) is 0 Å². The third kappa shape index (κ3) is 10.2. The van der Waals surface area contributed by atoms with Gasteiger partial charge in [-0.15, -0.1) is 0 Å². The van der Waals surface area contributed by atoms with Crippen LogP contribution in [0.15, 0.2) is 30.3 Å². The van der Waals surface area contributed by atoms with E-state index >= 15 is 0 Å². The number of benzene rings is 1. The minimum atomic E-state index is 0. The first-order valence-electron chi connectivity index (χ1n) is 2.42. The Bertz CT molecular complexity index is 149. The zero-order valence-corrected chi connectivity index (χ0v) is 8.27. The van der Waals surface area contributed by atoms with Gasteiger partial charge in [0.1, 0.15) is 0 Å². The maximum absolute atomic E-state index is 4.00. The van der Waals surface area contributed by atoms with Crippen molar-refractivity contribution >= 4 is 4.46 Å². The third-order valence-corrected chi connectivity index (χ3v) is 1.09. The standard InChI is InChI=1S/C6H5.2ClH.Fe.H4N2/c1-2-4-6-5-3-1;;;;1-2/h1-5H;2*1H;;1-2H2/q;;;+2;/p-2. The molecule has 1 aromatic carbocycles. The third-order valence-electron chi connectivity index (χ3n) is 0.725. The van der Waals surface area contributed by atoms with Gasteiger partial charge in [-0.3, -0.25) is 11.7 Å².